The molecule has 0 fully saturated rings. The number of fused-ring (bicyclic) bond motifs is 1. The van der Waals surface area contributed by atoms with E-state index in [1.54, 1.807) is 23.2 Å². The number of hydrogen-bond donors (Lipinski definition) is 1. The van der Waals surface area contributed by atoms with Gasteiger partial charge in [-0.15, -0.1) is 0 Å². The summed E-state index contributed by atoms with van der Waals surface area (Å²) in [6.45, 7) is 0.932. The Morgan fingerprint density at radius 1 is 1.23 bits per heavy atom. The highest BCUT2D eigenvalue weighted by Gasteiger charge is 2.26. The Morgan fingerprint density at radius 2 is 2.15 bits per heavy atom. The topological polar surface area (TPSA) is 92.1 Å². The second-order valence-corrected chi connectivity index (χ2v) is 6.24. The second-order valence-electron chi connectivity index (χ2n) is 6.24. The van der Waals surface area contributed by atoms with Crippen molar-refractivity contribution in [3.8, 4) is 0 Å². The number of amides is 1. The molecule has 1 aliphatic rings. The molecule has 1 N–H and O–H groups in total. The zero-order valence-electron chi connectivity index (χ0n) is 14.1. The van der Waals surface area contributed by atoms with Gasteiger partial charge in [0.2, 0.25) is 5.56 Å². The molecule has 0 unspecified atom stereocenters. The summed E-state index contributed by atoms with van der Waals surface area (Å²) in [6, 6.07) is 8.51. The molecule has 4 heterocycles. The quantitative estimate of drug-likeness (QED) is 0.774. The van der Waals surface area contributed by atoms with Crippen LogP contribution in [-0.4, -0.2) is 32.3 Å². The van der Waals surface area contributed by atoms with E-state index in [0.29, 0.717) is 37.5 Å². The van der Waals surface area contributed by atoms with Gasteiger partial charge < -0.3 is 14.3 Å². The minimum absolute atomic E-state index is 0.201. The van der Waals surface area contributed by atoms with Crippen LogP contribution in [0.25, 0.3) is 0 Å². The smallest absolute Gasteiger partial charge is 0.270 e. The van der Waals surface area contributed by atoms with Crippen LogP contribution in [0.2, 0.25) is 0 Å². The maximum Gasteiger partial charge on any atom is 0.270 e. The van der Waals surface area contributed by atoms with E-state index in [0.717, 1.165) is 23.4 Å². The van der Waals surface area contributed by atoms with Gasteiger partial charge in [0.05, 0.1) is 6.54 Å². The average Bonchev–Trinajstić information content (AvgIpc) is 3.08. The molecular formula is C19H18N4O3. The predicted molar refractivity (Wildman–Crippen MR) is 93.7 cm³/mol. The summed E-state index contributed by atoms with van der Waals surface area (Å²) < 4.78 is 5.85. The van der Waals surface area contributed by atoms with E-state index in [1.807, 2.05) is 18.3 Å². The Labute approximate surface area is 149 Å². The van der Waals surface area contributed by atoms with E-state index >= 15 is 0 Å². The monoisotopic (exact) mass is 350 g/mol. The molecule has 3 aromatic heterocycles. The van der Waals surface area contributed by atoms with E-state index in [2.05, 4.69) is 15.0 Å². The Balaban J connectivity index is 1.45. The van der Waals surface area contributed by atoms with Gasteiger partial charge in [0, 0.05) is 37.8 Å². The van der Waals surface area contributed by atoms with Crippen molar-refractivity contribution in [1.82, 2.24) is 19.9 Å². The van der Waals surface area contributed by atoms with Crippen molar-refractivity contribution in [2.75, 3.05) is 6.54 Å². The van der Waals surface area contributed by atoms with E-state index in [1.165, 1.54) is 6.07 Å². The van der Waals surface area contributed by atoms with Crippen LogP contribution in [0.3, 0.4) is 0 Å². The first-order chi connectivity index (χ1) is 12.7. The molecule has 4 rings (SSSR count). The number of aromatic nitrogens is 3. The van der Waals surface area contributed by atoms with Crippen molar-refractivity contribution in [1.29, 1.82) is 0 Å². The van der Waals surface area contributed by atoms with Crippen molar-refractivity contribution in [2.24, 2.45) is 0 Å². The predicted octanol–water partition coefficient (Wildman–Crippen LogP) is 1.74. The van der Waals surface area contributed by atoms with Crippen LogP contribution in [0.5, 0.6) is 0 Å². The SMILES string of the molecule is O=C(c1cccc(=O)[nH]1)N1CCc2oc(CCc3cccnc3)nc2C1. The maximum atomic E-state index is 12.6. The lowest BCUT2D eigenvalue weighted by Crippen LogP contribution is -2.36. The molecule has 0 spiro atoms. The molecule has 0 aliphatic carbocycles. The van der Waals surface area contributed by atoms with Crippen molar-refractivity contribution in [3.05, 3.63) is 81.7 Å². The van der Waals surface area contributed by atoms with E-state index in [-0.39, 0.29) is 11.5 Å². The fourth-order valence-electron chi connectivity index (χ4n) is 3.07. The number of carbonyl (C=O) groups excluding carboxylic acids is 1. The first-order valence-electron chi connectivity index (χ1n) is 8.54. The third-order valence-corrected chi connectivity index (χ3v) is 4.41. The Bertz CT molecular complexity index is 978. The summed E-state index contributed by atoms with van der Waals surface area (Å²) >= 11 is 0. The molecule has 26 heavy (non-hydrogen) atoms. The Morgan fingerprint density at radius 3 is 2.96 bits per heavy atom. The van der Waals surface area contributed by atoms with Crippen molar-refractivity contribution >= 4 is 5.91 Å². The van der Waals surface area contributed by atoms with Crippen LogP contribution in [0.4, 0.5) is 0 Å². The summed E-state index contributed by atoms with van der Waals surface area (Å²) in [5.74, 6) is 1.33. The number of oxazole rings is 1. The van der Waals surface area contributed by atoms with Crippen LogP contribution in [-0.2, 0) is 25.8 Å². The number of aromatic amines is 1. The maximum absolute atomic E-state index is 12.6. The van der Waals surface area contributed by atoms with Gasteiger partial charge in [-0.3, -0.25) is 14.6 Å². The van der Waals surface area contributed by atoms with Crippen LogP contribution in [0, 0.1) is 0 Å². The lowest BCUT2D eigenvalue weighted by Gasteiger charge is -2.25. The standard InChI is InChI=1S/C19H18N4O3/c24-17-5-1-4-14(21-17)19(25)23-10-8-16-15(12-23)22-18(26-16)7-6-13-3-2-9-20-11-13/h1-5,9,11H,6-8,10,12H2,(H,21,24). The zero-order valence-corrected chi connectivity index (χ0v) is 14.1. The fourth-order valence-corrected chi connectivity index (χ4v) is 3.07. The minimum atomic E-state index is -0.285. The molecule has 0 saturated carbocycles. The van der Waals surface area contributed by atoms with Gasteiger partial charge in [0.25, 0.3) is 5.91 Å². The third kappa shape index (κ3) is 3.42. The molecule has 1 aliphatic heterocycles. The van der Waals surface area contributed by atoms with Crippen LogP contribution >= 0.6 is 0 Å². The average molecular weight is 350 g/mol. The lowest BCUT2D eigenvalue weighted by atomic mass is 10.1. The highest BCUT2D eigenvalue weighted by Crippen LogP contribution is 2.21. The van der Waals surface area contributed by atoms with Gasteiger partial charge >= 0.3 is 0 Å². The molecule has 0 aromatic carbocycles. The molecule has 132 valence electrons. The largest absolute Gasteiger partial charge is 0.445 e. The summed E-state index contributed by atoms with van der Waals surface area (Å²) in [4.78, 5) is 36.9. The molecule has 0 saturated heterocycles. The van der Waals surface area contributed by atoms with Gasteiger partial charge in [0.15, 0.2) is 5.89 Å². The highest BCUT2D eigenvalue weighted by molar-refractivity contribution is 5.92. The number of hydrogen-bond acceptors (Lipinski definition) is 5. The fraction of sp³-hybridized carbons (Fsp3) is 0.263. The molecule has 7 heteroatoms. The number of pyridine rings is 2. The first kappa shape index (κ1) is 16.3. The molecule has 1 amide bonds. The number of carbonyl (C=O) groups is 1. The van der Waals surface area contributed by atoms with Gasteiger partial charge in [-0.2, -0.15) is 0 Å². The Hall–Kier alpha value is -3.22. The summed E-state index contributed by atoms with van der Waals surface area (Å²) in [5.41, 5.74) is 1.94. The number of H-pyrrole nitrogens is 1. The normalized spacial score (nSPS) is 13.5. The van der Waals surface area contributed by atoms with Crippen LogP contribution < -0.4 is 5.56 Å². The number of rotatable bonds is 4. The minimum Gasteiger partial charge on any atom is -0.445 e. The van der Waals surface area contributed by atoms with Crippen molar-refractivity contribution < 1.29 is 9.21 Å². The van der Waals surface area contributed by atoms with Gasteiger partial charge in [0.1, 0.15) is 17.1 Å². The van der Waals surface area contributed by atoms with E-state index < -0.39 is 0 Å². The van der Waals surface area contributed by atoms with Crippen LogP contribution in [0.15, 0.2) is 51.9 Å². The van der Waals surface area contributed by atoms with Crippen molar-refractivity contribution in [2.45, 2.75) is 25.8 Å². The van der Waals surface area contributed by atoms with Gasteiger partial charge in [-0.25, -0.2) is 4.98 Å². The highest BCUT2D eigenvalue weighted by atomic mass is 16.4. The van der Waals surface area contributed by atoms with Gasteiger partial charge in [-0.1, -0.05) is 12.1 Å². The lowest BCUT2D eigenvalue weighted by molar-refractivity contribution is 0.0721. The third-order valence-electron chi connectivity index (χ3n) is 4.41. The first-order valence-corrected chi connectivity index (χ1v) is 8.54. The molecule has 3 aromatic rings. The molecule has 0 bridgehead atoms. The number of nitrogens with zero attached hydrogens (tertiary/aromatic N) is 3. The summed E-state index contributed by atoms with van der Waals surface area (Å²) in [7, 11) is 0. The van der Waals surface area contributed by atoms with E-state index in [9.17, 15) is 9.59 Å². The van der Waals surface area contributed by atoms with Crippen LogP contribution in [0.1, 0.15) is 33.4 Å². The zero-order chi connectivity index (χ0) is 17.9. The molecular weight excluding hydrogens is 332 g/mol. The van der Waals surface area contributed by atoms with E-state index in [4.69, 9.17) is 4.42 Å². The molecule has 0 atom stereocenters. The molecule has 0 radical (unpaired) electrons. The number of aryl methyl sites for hydroxylation is 2. The second kappa shape index (κ2) is 6.95. The summed E-state index contributed by atoms with van der Waals surface area (Å²) in [5, 5.41) is 0. The van der Waals surface area contributed by atoms with Crippen molar-refractivity contribution in [3.63, 3.8) is 0 Å². The summed E-state index contributed by atoms with van der Waals surface area (Å²) in [6.07, 6.45) is 5.71. The number of nitrogens with one attached hydrogen (secondary N) is 1. The van der Waals surface area contributed by atoms with Gasteiger partial charge in [-0.05, 0) is 24.1 Å². The molecule has 7 nitrogen and oxygen atoms in total. The Kier molecular flexibility index (Phi) is 4.35.